The number of hydrogen-bond acceptors (Lipinski definition) is 2. The van der Waals surface area contributed by atoms with E-state index in [2.05, 4.69) is 0 Å². The van der Waals surface area contributed by atoms with E-state index in [1.807, 2.05) is 0 Å². The molecular formula is C6H9F3N2. The van der Waals surface area contributed by atoms with E-state index in [1.165, 1.54) is 11.1 Å². The Hall–Kier alpha value is -0.870. The van der Waals surface area contributed by atoms with E-state index in [-0.39, 0.29) is 0 Å². The summed E-state index contributed by atoms with van der Waals surface area (Å²) in [5.74, 6) is 0. The standard InChI is InChI=1S/C6H9F3N2/c1-10-2-3-11(5-10)4-6(7,8)9/h2-3H,4-5H2,1H3. The zero-order chi connectivity index (χ0) is 8.48. The lowest BCUT2D eigenvalue weighted by molar-refractivity contribution is -0.141. The lowest BCUT2D eigenvalue weighted by Gasteiger charge is -2.19. The van der Waals surface area contributed by atoms with Gasteiger partial charge in [0.2, 0.25) is 0 Å². The Morgan fingerprint density at radius 2 is 2.00 bits per heavy atom. The normalized spacial score (nSPS) is 18.2. The smallest absolute Gasteiger partial charge is 0.362 e. The minimum absolute atomic E-state index is 0.319. The van der Waals surface area contributed by atoms with Crippen LogP contribution in [0.1, 0.15) is 0 Å². The van der Waals surface area contributed by atoms with Gasteiger partial charge in [-0.05, 0) is 0 Å². The number of nitrogens with zero attached hydrogens (tertiary/aromatic N) is 2. The van der Waals surface area contributed by atoms with E-state index in [0.29, 0.717) is 6.67 Å². The van der Waals surface area contributed by atoms with Gasteiger partial charge in [0.05, 0.1) is 6.67 Å². The van der Waals surface area contributed by atoms with E-state index >= 15 is 0 Å². The van der Waals surface area contributed by atoms with Crippen molar-refractivity contribution in [3.63, 3.8) is 0 Å². The molecule has 5 heteroatoms. The molecule has 0 spiro atoms. The first-order valence-electron chi connectivity index (χ1n) is 3.17. The van der Waals surface area contributed by atoms with Crippen molar-refractivity contribution in [3.8, 4) is 0 Å². The predicted molar refractivity (Wildman–Crippen MR) is 34.5 cm³/mol. The average Bonchev–Trinajstić information content (AvgIpc) is 2.10. The molecule has 1 heterocycles. The largest absolute Gasteiger partial charge is 0.405 e. The zero-order valence-corrected chi connectivity index (χ0v) is 6.10. The molecule has 64 valence electrons. The third kappa shape index (κ3) is 2.69. The van der Waals surface area contributed by atoms with Crippen molar-refractivity contribution < 1.29 is 13.2 Å². The zero-order valence-electron chi connectivity index (χ0n) is 6.10. The van der Waals surface area contributed by atoms with Crippen LogP contribution in [0.3, 0.4) is 0 Å². The van der Waals surface area contributed by atoms with Gasteiger partial charge in [-0.15, -0.1) is 0 Å². The maximum atomic E-state index is 11.7. The van der Waals surface area contributed by atoms with Crippen molar-refractivity contribution in [1.29, 1.82) is 0 Å². The molecule has 0 saturated carbocycles. The first kappa shape index (κ1) is 8.23. The van der Waals surface area contributed by atoms with Crippen molar-refractivity contribution in [3.05, 3.63) is 12.4 Å². The molecule has 1 aliphatic rings. The van der Waals surface area contributed by atoms with Gasteiger partial charge < -0.3 is 9.80 Å². The first-order valence-corrected chi connectivity index (χ1v) is 3.17. The minimum atomic E-state index is -4.10. The molecule has 0 aromatic rings. The fraction of sp³-hybridized carbons (Fsp3) is 0.667. The lowest BCUT2D eigenvalue weighted by atomic mass is 10.6. The van der Waals surface area contributed by atoms with E-state index in [9.17, 15) is 13.2 Å². The number of rotatable bonds is 1. The summed E-state index contributed by atoms with van der Waals surface area (Å²) in [7, 11) is 1.73. The Morgan fingerprint density at radius 3 is 2.36 bits per heavy atom. The van der Waals surface area contributed by atoms with Crippen LogP contribution >= 0.6 is 0 Å². The molecule has 0 aromatic carbocycles. The fourth-order valence-corrected chi connectivity index (χ4v) is 0.922. The maximum absolute atomic E-state index is 11.7. The molecular weight excluding hydrogens is 157 g/mol. The van der Waals surface area contributed by atoms with Gasteiger partial charge in [-0.25, -0.2) is 0 Å². The van der Waals surface area contributed by atoms with Crippen LogP contribution in [0.4, 0.5) is 13.2 Å². The molecule has 0 N–H and O–H groups in total. The summed E-state index contributed by atoms with van der Waals surface area (Å²) in [6, 6.07) is 0. The van der Waals surface area contributed by atoms with Gasteiger partial charge in [0.25, 0.3) is 0 Å². The lowest BCUT2D eigenvalue weighted by Crippen LogP contribution is -2.32. The molecule has 1 rings (SSSR count). The second-order valence-electron chi connectivity index (χ2n) is 2.56. The van der Waals surface area contributed by atoms with Crippen LogP contribution in [0.15, 0.2) is 12.4 Å². The van der Waals surface area contributed by atoms with Crippen LogP contribution in [-0.4, -0.2) is 36.2 Å². The molecule has 0 unspecified atom stereocenters. The topological polar surface area (TPSA) is 6.48 Å². The van der Waals surface area contributed by atoms with Crippen molar-refractivity contribution >= 4 is 0 Å². The van der Waals surface area contributed by atoms with Crippen molar-refractivity contribution in [2.45, 2.75) is 6.18 Å². The highest BCUT2D eigenvalue weighted by Gasteiger charge is 2.30. The molecule has 0 amide bonds. The van der Waals surface area contributed by atoms with Crippen molar-refractivity contribution in [2.75, 3.05) is 20.3 Å². The molecule has 0 aromatic heterocycles. The summed E-state index contributed by atoms with van der Waals surface area (Å²) in [5, 5.41) is 0. The Labute approximate surface area is 62.9 Å². The van der Waals surface area contributed by atoms with E-state index < -0.39 is 12.7 Å². The molecule has 2 nitrogen and oxygen atoms in total. The Bertz CT molecular complexity index is 164. The highest BCUT2D eigenvalue weighted by Crippen LogP contribution is 2.18. The van der Waals surface area contributed by atoms with E-state index in [0.717, 1.165) is 0 Å². The molecule has 1 aliphatic heterocycles. The highest BCUT2D eigenvalue weighted by molar-refractivity contribution is 4.89. The maximum Gasteiger partial charge on any atom is 0.405 e. The van der Waals surface area contributed by atoms with Crippen LogP contribution in [0.5, 0.6) is 0 Å². The first-order chi connectivity index (χ1) is 4.97. The van der Waals surface area contributed by atoms with Crippen molar-refractivity contribution in [2.24, 2.45) is 0 Å². The van der Waals surface area contributed by atoms with Gasteiger partial charge in [-0.1, -0.05) is 0 Å². The summed E-state index contributed by atoms with van der Waals surface area (Å²) in [4.78, 5) is 2.89. The van der Waals surface area contributed by atoms with Crippen LogP contribution in [-0.2, 0) is 0 Å². The predicted octanol–water partition coefficient (Wildman–Crippen LogP) is 1.22. The molecule has 0 saturated heterocycles. The third-order valence-electron chi connectivity index (χ3n) is 1.32. The summed E-state index contributed by atoms with van der Waals surface area (Å²) in [6.45, 7) is -0.548. The Morgan fingerprint density at radius 1 is 1.36 bits per heavy atom. The van der Waals surface area contributed by atoms with Crippen LogP contribution in [0.2, 0.25) is 0 Å². The second kappa shape index (κ2) is 2.64. The highest BCUT2D eigenvalue weighted by atomic mass is 19.4. The molecule has 0 bridgehead atoms. The summed E-state index contributed by atoms with van der Waals surface area (Å²) in [5.41, 5.74) is 0. The summed E-state index contributed by atoms with van der Waals surface area (Å²) < 4.78 is 35.2. The summed E-state index contributed by atoms with van der Waals surface area (Å²) >= 11 is 0. The average molecular weight is 166 g/mol. The number of halogens is 3. The van der Waals surface area contributed by atoms with Crippen LogP contribution in [0, 0.1) is 0 Å². The van der Waals surface area contributed by atoms with E-state index in [4.69, 9.17) is 0 Å². The van der Waals surface area contributed by atoms with Gasteiger partial charge in [0.15, 0.2) is 0 Å². The van der Waals surface area contributed by atoms with Gasteiger partial charge in [-0.3, -0.25) is 0 Å². The van der Waals surface area contributed by atoms with E-state index in [1.54, 1.807) is 18.1 Å². The molecule has 0 atom stereocenters. The monoisotopic (exact) mass is 166 g/mol. The van der Waals surface area contributed by atoms with Gasteiger partial charge in [0.1, 0.15) is 6.54 Å². The molecule has 0 aliphatic carbocycles. The minimum Gasteiger partial charge on any atom is -0.362 e. The van der Waals surface area contributed by atoms with Crippen LogP contribution in [0.25, 0.3) is 0 Å². The summed E-state index contributed by atoms with van der Waals surface area (Å²) in [6.07, 6.45) is -1.05. The SMILES string of the molecule is CN1C=CN(CC(F)(F)F)C1. The Kier molecular flexibility index (Phi) is 1.97. The Balaban J connectivity index is 2.36. The third-order valence-corrected chi connectivity index (χ3v) is 1.32. The number of alkyl halides is 3. The quantitative estimate of drug-likeness (QED) is 0.578. The molecule has 11 heavy (non-hydrogen) atoms. The van der Waals surface area contributed by atoms with Gasteiger partial charge >= 0.3 is 6.18 Å². The number of hydrogen-bond donors (Lipinski definition) is 0. The van der Waals surface area contributed by atoms with Crippen molar-refractivity contribution in [1.82, 2.24) is 9.80 Å². The fourth-order valence-electron chi connectivity index (χ4n) is 0.922. The molecule has 0 fully saturated rings. The van der Waals surface area contributed by atoms with Crippen LogP contribution < -0.4 is 0 Å². The van der Waals surface area contributed by atoms with Gasteiger partial charge in [-0.2, -0.15) is 13.2 Å². The molecule has 0 radical (unpaired) electrons. The van der Waals surface area contributed by atoms with Gasteiger partial charge in [0, 0.05) is 19.4 Å². The second-order valence-corrected chi connectivity index (χ2v) is 2.56.